The van der Waals surface area contributed by atoms with Gasteiger partial charge in [-0.05, 0) is 45.0 Å². The number of benzene rings is 1. The molecule has 1 aromatic heterocycles. The van der Waals surface area contributed by atoms with E-state index in [2.05, 4.69) is 10.3 Å². The third kappa shape index (κ3) is 3.98. The number of nitrogens with zero attached hydrogens (tertiary/aromatic N) is 2. The number of aryl methyl sites for hydroxylation is 1. The number of nitrogens with one attached hydrogen (secondary N) is 1. The molecule has 1 N–H and O–H groups in total. The van der Waals surface area contributed by atoms with Gasteiger partial charge in [0.05, 0.1) is 5.25 Å². The summed E-state index contributed by atoms with van der Waals surface area (Å²) in [5.74, 6) is -0.0839. The van der Waals surface area contributed by atoms with E-state index in [1.807, 2.05) is 24.6 Å². The lowest BCUT2D eigenvalue weighted by Crippen LogP contribution is -2.22. The maximum atomic E-state index is 12.2. The van der Waals surface area contributed by atoms with Crippen LogP contribution < -0.4 is 5.32 Å². The molecule has 0 saturated heterocycles. The molecule has 5 nitrogen and oxygen atoms in total. The number of Topliss-reactive ketones (excluding diaryl/α,β-unsaturated/α-hetero) is 1. The molecule has 0 spiro atoms. The van der Waals surface area contributed by atoms with Gasteiger partial charge in [0, 0.05) is 30.2 Å². The highest BCUT2D eigenvalue weighted by molar-refractivity contribution is 8.00. The molecule has 0 aliphatic heterocycles. The number of ketones is 1. The minimum atomic E-state index is -0.264. The molecule has 1 amide bonds. The number of aromatic nitrogens is 2. The van der Waals surface area contributed by atoms with E-state index < -0.39 is 0 Å². The summed E-state index contributed by atoms with van der Waals surface area (Å²) in [6.07, 6.45) is 3.63. The molecule has 0 aliphatic rings. The minimum Gasteiger partial charge on any atom is -0.326 e. The van der Waals surface area contributed by atoms with Gasteiger partial charge in [0.15, 0.2) is 10.9 Å². The monoisotopic (exact) mass is 317 g/mol. The lowest BCUT2D eigenvalue weighted by Gasteiger charge is -2.12. The second kappa shape index (κ2) is 7.26. The zero-order valence-corrected chi connectivity index (χ0v) is 13.7. The highest BCUT2D eigenvalue weighted by atomic mass is 32.2. The van der Waals surface area contributed by atoms with Crippen molar-refractivity contribution < 1.29 is 9.59 Å². The molecule has 0 saturated carbocycles. The third-order valence-electron chi connectivity index (χ3n) is 3.23. The fraction of sp³-hybridized carbons (Fsp3) is 0.312. The molecular formula is C16H19N3O2S. The molecule has 0 aliphatic carbocycles. The molecule has 0 unspecified atom stereocenters. The zero-order chi connectivity index (χ0) is 16.1. The maximum Gasteiger partial charge on any atom is 0.237 e. The normalized spacial score (nSPS) is 12.0. The Morgan fingerprint density at radius 1 is 1.32 bits per heavy atom. The first kappa shape index (κ1) is 16.3. The van der Waals surface area contributed by atoms with E-state index in [9.17, 15) is 9.59 Å². The topological polar surface area (TPSA) is 64.0 Å². The molecule has 116 valence electrons. The molecule has 22 heavy (non-hydrogen) atoms. The van der Waals surface area contributed by atoms with Crippen LogP contribution in [0.15, 0.2) is 41.8 Å². The van der Waals surface area contributed by atoms with Crippen molar-refractivity contribution in [1.82, 2.24) is 9.55 Å². The summed E-state index contributed by atoms with van der Waals surface area (Å²) >= 11 is 1.42. The van der Waals surface area contributed by atoms with Crippen molar-refractivity contribution in [3.8, 4) is 0 Å². The molecule has 0 radical (unpaired) electrons. The van der Waals surface area contributed by atoms with Crippen molar-refractivity contribution in [2.45, 2.75) is 37.7 Å². The highest BCUT2D eigenvalue weighted by Crippen LogP contribution is 2.22. The molecule has 6 heteroatoms. The Bertz CT molecular complexity index is 664. The number of imidazole rings is 1. The Morgan fingerprint density at radius 2 is 2.00 bits per heavy atom. The molecule has 0 fully saturated rings. The first-order valence-corrected chi connectivity index (χ1v) is 7.99. The zero-order valence-electron chi connectivity index (χ0n) is 12.9. The van der Waals surface area contributed by atoms with Crippen LogP contribution in [0.3, 0.4) is 0 Å². The summed E-state index contributed by atoms with van der Waals surface area (Å²) in [6.45, 7) is 6.22. The quantitative estimate of drug-likeness (QED) is 0.656. The van der Waals surface area contributed by atoms with Crippen molar-refractivity contribution >= 4 is 29.1 Å². The van der Waals surface area contributed by atoms with Gasteiger partial charge in [0.25, 0.3) is 0 Å². The lowest BCUT2D eigenvalue weighted by atomic mass is 10.1. The lowest BCUT2D eigenvalue weighted by molar-refractivity contribution is -0.115. The van der Waals surface area contributed by atoms with Crippen molar-refractivity contribution in [1.29, 1.82) is 0 Å². The van der Waals surface area contributed by atoms with Crippen molar-refractivity contribution in [3.63, 3.8) is 0 Å². The van der Waals surface area contributed by atoms with Crippen LogP contribution in [0.25, 0.3) is 0 Å². The average Bonchev–Trinajstić information content (AvgIpc) is 2.94. The number of hydrogen-bond donors (Lipinski definition) is 1. The van der Waals surface area contributed by atoms with Gasteiger partial charge in [0.1, 0.15) is 0 Å². The van der Waals surface area contributed by atoms with Crippen LogP contribution in [0.4, 0.5) is 5.69 Å². The predicted molar refractivity (Wildman–Crippen MR) is 88.3 cm³/mol. The van der Waals surface area contributed by atoms with Crippen LogP contribution in [0.5, 0.6) is 0 Å². The second-order valence-corrected chi connectivity index (χ2v) is 6.19. The van der Waals surface area contributed by atoms with Crippen molar-refractivity contribution in [2.75, 3.05) is 5.32 Å². The average molecular weight is 317 g/mol. The van der Waals surface area contributed by atoms with Crippen LogP contribution in [-0.4, -0.2) is 26.5 Å². The molecule has 2 aromatic rings. The molecule has 1 aromatic carbocycles. The Morgan fingerprint density at radius 3 is 2.59 bits per heavy atom. The minimum absolute atomic E-state index is 0.00759. The Kier molecular flexibility index (Phi) is 5.38. The van der Waals surface area contributed by atoms with E-state index in [1.165, 1.54) is 18.7 Å². The predicted octanol–water partition coefficient (Wildman–Crippen LogP) is 3.22. The Balaban J connectivity index is 1.97. The van der Waals surface area contributed by atoms with Gasteiger partial charge in [-0.15, -0.1) is 0 Å². The summed E-state index contributed by atoms with van der Waals surface area (Å²) in [5.41, 5.74) is 1.31. The number of carbonyl (C=O) groups is 2. The van der Waals surface area contributed by atoms with Crippen LogP contribution in [0, 0.1) is 0 Å². The Hall–Kier alpha value is -2.08. The second-order valence-electron chi connectivity index (χ2n) is 4.88. The van der Waals surface area contributed by atoms with Gasteiger partial charge < -0.3 is 9.88 Å². The van der Waals surface area contributed by atoms with E-state index >= 15 is 0 Å². The highest BCUT2D eigenvalue weighted by Gasteiger charge is 2.17. The van der Waals surface area contributed by atoms with Crippen LogP contribution in [0.2, 0.25) is 0 Å². The largest absolute Gasteiger partial charge is 0.326 e. The summed E-state index contributed by atoms with van der Waals surface area (Å²) in [7, 11) is 0. The number of hydrogen-bond acceptors (Lipinski definition) is 4. The van der Waals surface area contributed by atoms with Crippen molar-refractivity contribution in [3.05, 3.63) is 42.2 Å². The fourth-order valence-electron chi connectivity index (χ4n) is 1.90. The van der Waals surface area contributed by atoms with E-state index in [-0.39, 0.29) is 16.9 Å². The van der Waals surface area contributed by atoms with Crippen LogP contribution in [-0.2, 0) is 11.3 Å². The smallest absolute Gasteiger partial charge is 0.237 e. The molecule has 1 heterocycles. The molecule has 2 rings (SSSR count). The molecule has 1 atom stereocenters. The first-order valence-electron chi connectivity index (χ1n) is 7.11. The summed E-state index contributed by atoms with van der Waals surface area (Å²) < 4.78 is 2.00. The van der Waals surface area contributed by atoms with E-state index in [4.69, 9.17) is 0 Å². The standard InChI is InChI=1S/C16H19N3O2S/c1-4-19-10-9-17-16(19)22-12(3)15(21)18-14-7-5-13(6-8-14)11(2)20/h5-10,12H,4H2,1-3H3,(H,18,21)/t12-/m0/s1. The fourth-order valence-corrected chi connectivity index (χ4v) is 2.83. The molecular weight excluding hydrogens is 298 g/mol. The SMILES string of the molecule is CCn1ccnc1S[C@@H](C)C(=O)Nc1ccc(C(C)=O)cc1. The number of rotatable bonds is 6. The van der Waals surface area contributed by atoms with Crippen LogP contribution >= 0.6 is 11.8 Å². The Labute approximate surface area is 134 Å². The van der Waals surface area contributed by atoms with E-state index in [0.717, 1.165) is 11.7 Å². The maximum absolute atomic E-state index is 12.2. The summed E-state index contributed by atoms with van der Waals surface area (Å²) in [6, 6.07) is 6.89. The number of carbonyl (C=O) groups excluding carboxylic acids is 2. The van der Waals surface area contributed by atoms with Gasteiger partial charge >= 0.3 is 0 Å². The summed E-state index contributed by atoms with van der Waals surface area (Å²) in [5, 5.41) is 3.42. The number of anilines is 1. The van der Waals surface area contributed by atoms with Gasteiger partial charge in [0.2, 0.25) is 5.91 Å². The van der Waals surface area contributed by atoms with Gasteiger partial charge in [-0.25, -0.2) is 4.98 Å². The van der Waals surface area contributed by atoms with Crippen molar-refractivity contribution in [2.24, 2.45) is 0 Å². The van der Waals surface area contributed by atoms with Gasteiger partial charge in [-0.1, -0.05) is 11.8 Å². The molecule has 0 bridgehead atoms. The third-order valence-corrected chi connectivity index (χ3v) is 4.35. The van der Waals surface area contributed by atoms with Gasteiger partial charge in [-0.2, -0.15) is 0 Å². The number of thioether (sulfide) groups is 1. The first-order chi connectivity index (χ1) is 10.5. The summed E-state index contributed by atoms with van der Waals surface area (Å²) in [4.78, 5) is 27.7. The van der Waals surface area contributed by atoms with Gasteiger partial charge in [-0.3, -0.25) is 9.59 Å². The van der Waals surface area contributed by atoms with E-state index in [0.29, 0.717) is 11.3 Å². The van der Waals surface area contributed by atoms with E-state index in [1.54, 1.807) is 30.5 Å². The number of amides is 1. The van der Waals surface area contributed by atoms with Crippen LogP contribution in [0.1, 0.15) is 31.1 Å².